The van der Waals surface area contributed by atoms with Gasteiger partial charge in [0.1, 0.15) is 11.6 Å². The number of nitrogens with zero attached hydrogens (tertiary/aromatic N) is 4. The third-order valence-corrected chi connectivity index (χ3v) is 6.98. The van der Waals surface area contributed by atoms with Gasteiger partial charge >= 0.3 is 0 Å². The van der Waals surface area contributed by atoms with Crippen LogP contribution in [0.2, 0.25) is 0 Å². The van der Waals surface area contributed by atoms with Crippen LogP contribution in [0.3, 0.4) is 0 Å². The topological polar surface area (TPSA) is 86.4 Å². The standard InChI is InChI=1S/C24H24N4O4/c29-22-5-1-3-20-16-9-15(12-28(20)22)11-26(13-16)23(30)14-32-17-6-7-19-18(10-17)24(31)27-8-2-4-21(27)25-19/h1,3,5-7,10,15-16H,2,4,8-9,11-14H2/t15-,16-/m0/s1. The number of piperidine rings is 1. The third-order valence-electron chi connectivity index (χ3n) is 6.98. The van der Waals surface area contributed by atoms with E-state index in [1.54, 1.807) is 34.9 Å². The van der Waals surface area contributed by atoms with Crippen molar-refractivity contribution >= 4 is 16.8 Å². The Morgan fingerprint density at radius 1 is 1.09 bits per heavy atom. The van der Waals surface area contributed by atoms with Crippen LogP contribution in [0.4, 0.5) is 0 Å². The average Bonchev–Trinajstić information content (AvgIpc) is 3.27. The molecule has 0 aliphatic carbocycles. The number of rotatable bonds is 3. The number of hydrogen-bond donors (Lipinski definition) is 0. The number of carbonyl (C=O) groups excluding carboxylic acids is 1. The molecule has 6 rings (SSSR count). The van der Waals surface area contributed by atoms with Crippen molar-refractivity contribution in [1.29, 1.82) is 0 Å². The molecule has 2 aromatic heterocycles. The second-order valence-corrected chi connectivity index (χ2v) is 9.05. The molecule has 2 atom stereocenters. The van der Waals surface area contributed by atoms with Crippen molar-refractivity contribution in [2.75, 3.05) is 19.7 Å². The molecule has 0 spiro atoms. The van der Waals surface area contributed by atoms with Crippen LogP contribution in [0.25, 0.3) is 10.9 Å². The van der Waals surface area contributed by atoms with E-state index in [0.29, 0.717) is 42.8 Å². The summed E-state index contributed by atoms with van der Waals surface area (Å²) in [5.74, 6) is 1.71. The summed E-state index contributed by atoms with van der Waals surface area (Å²) in [6.45, 7) is 2.51. The molecule has 3 aliphatic heterocycles. The fourth-order valence-corrected chi connectivity index (χ4v) is 5.49. The van der Waals surface area contributed by atoms with E-state index in [4.69, 9.17) is 4.74 Å². The van der Waals surface area contributed by atoms with Crippen LogP contribution >= 0.6 is 0 Å². The number of aryl methyl sites for hydroxylation is 1. The maximum absolute atomic E-state index is 12.9. The molecule has 0 unspecified atom stereocenters. The molecule has 2 bridgehead atoms. The lowest BCUT2D eigenvalue weighted by Crippen LogP contribution is -2.50. The predicted molar refractivity (Wildman–Crippen MR) is 118 cm³/mol. The molecule has 0 saturated carbocycles. The lowest BCUT2D eigenvalue weighted by molar-refractivity contribution is -0.136. The Balaban J connectivity index is 1.18. The third kappa shape index (κ3) is 3.13. The number of amides is 1. The van der Waals surface area contributed by atoms with Crippen molar-refractivity contribution in [2.24, 2.45) is 5.92 Å². The van der Waals surface area contributed by atoms with Gasteiger partial charge in [-0.3, -0.25) is 19.0 Å². The minimum atomic E-state index is -0.0771. The molecular weight excluding hydrogens is 408 g/mol. The molecule has 1 fully saturated rings. The first-order valence-corrected chi connectivity index (χ1v) is 11.2. The van der Waals surface area contributed by atoms with Gasteiger partial charge in [0, 0.05) is 50.3 Å². The van der Waals surface area contributed by atoms with Gasteiger partial charge in [-0.15, -0.1) is 0 Å². The van der Waals surface area contributed by atoms with Gasteiger partial charge < -0.3 is 14.2 Å². The number of likely N-dealkylation sites (tertiary alicyclic amines) is 1. The van der Waals surface area contributed by atoms with E-state index in [-0.39, 0.29) is 35.5 Å². The van der Waals surface area contributed by atoms with E-state index in [1.807, 2.05) is 15.5 Å². The largest absolute Gasteiger partial charge is 0.484 e. The highest BCUT2D eigenvalue weighted by Gasteiger charge is 2.36. The molecule has 0 radical (unpaired) electrons. The summed E-state index contributed by atoms with van der Waals surface area (Å²) in [7, 11) is 0. The summed E-state index contributed by atoms with van der Waals surface area (Å²) in [6.07, 6.45) is 2.77. The first-order chi connectivity index (χ1) is 15.6. The maximum atomic E-state index is 12.9. The van der Waals surface area contributed by atoms with E-state index in [9.17, 15) is 14.4 Å². The molecule has 5 heterocycles. The van der Waals surface area contributed by atoms with Crippen LogP contribution < -0.4 is 15.9 Å². The smallest absolute Gasteiger partial charge is 0.261 e. The van der Waals surface area contributed by atoms with E-state index in [1.165, 1.54) is 0 Å². The summed E-state index contributed by atoms with van der Waals surface area (Å²) in [5.41, 5.74) is 1.67. The molecule has 32 heavy (non-hydrogen) atoms. The molecule has 3 aromatic rings. The Morgan fingerprint density at radius 3 is 2.91 bits per heavy atom. The van der Waals surface area contributed by atoms with Gasteiger partial charge in [0.2, 0.25) is 0 Å². The van der Waals surface area contributed by atoms with E-state index in [2.05, 4.69) is 4.98 Å². The summed E-state index contributed by atoms with van der Waals surface area (Å²) in [4.78, 5) is 44.3. The van der Waals surface area contributed by atoms with Gasteiger partial charge in [0.25, 0.3) is 17.0 Å². The van der Waals surface area contributed by atoms with E-state index >= 15 is 0 Å². The molecule has 3 aliphatic rings. The van der Waals surface area contributed by atoms with Crippen LogP contribution in [0.15, 0.2) is 46.0 Å². The van der Waals surface area contributed by atoms with Crippen LogP contribution in [-0.2, 0) is 24.3 Å². The summed E-state index contributed by atoms with van der Waals surface area (Å²) in [5, 5.41) is 0.523. The first kappa shape index (κ1) is 19.3. The molecule has 0 N–H and O–H groups in total. The molecule has 1 aromatic carbocycles. The van der Waals surface area contributed by atoms with Gasteiger partial charge in [-0.2, -0.15) is 0 Å². The van der Waals surface area contributed by atoms with Gasteiger partial charge in [-0.05, 0) is 43.0 Å². The zero-order valence-electron chi connectivity index (χ0n) is 17.7. The highest BCUT2D eigenvalue weighted by molar-refractivity contribution is 5.80. The van der Waals surface area contributed by atoms with Crippen molar-refractivity contribution in [2.45, 2.75) is 38.3 Å². The number of aromatic nitrogens is 3. The number of pyridine rings is 1. The quantitative estimate of drug-likeness (QED) is 0.627. The number of benzene rings is 1. The lowest BCUT2D eigenvalue weighted by Gasteiger charge is -2.42. The molecule has 8 heteroatoms. The maximum Gasteiger partial charge on any atom is 0.261 e. The number of carbonyl (C=O) groups is 1. The Morgan fingerprint density at radius 2 is 2.00 bits per heavy atom. The highest BCUT2D eigenvalue weighted by atomic mass is 16.5. The van der Waals surface area contributed by atoms with Crippen LogP contribution in [0, 0.1) is 5.92 Å². The van der Waals surface area contributed by atoms with E-state index in [0.717, 1.165) is 30.8 Å². The van der Waals surface area contributed by atoms with Crippen molar-refractivity contribution in [3.05, 3.63) is 68.6 Å². The predicted octanol–water partition coefficient (Wildman–Crippen LogP) is 1.53. The number of ether oxygens (including phenoxy) is 1. The minimum absolute atomic E-state index is 0.0349. The fraction of sp³-hybridized carbons (Fsp3) is 0.417. The zero-order valence-corrected chi connectivity index (χ0v) is 17.7. The number of fused-ring (bicyclic) bond motifs is 6. The lowest BCUT2D eigenvalue weighted by atomic mass is 9.83. The Kier molecular flexibility index (Phi) is 4.41. The summed E-state index contributed by atoms with van der Waals surface area (Å²) < 4.78 is 9.38. The van der Waals surface area contributed by atoms with Gasteiger partial charge in [-0.1, -0.05) is 6.07 Å². The van der Waals surface area contributed by atoms with Crippen LogP contribution in [-0.4, -0.2) is 44.6 Å². The van der Waals surface area contributed by atoms with Crippen molar-refractivity contribution in [3.8, 4) is 5.75 Å². The molecule has 1 saturated heterocycles. The average molecular weight is 432 g/mol. The molecular formula is C24H24N4O4. The zero-order chi connectivity index (χ0) is 21.8. The fourth-order valence-electron chi connectivity index (χ4n) is 5.49. The first-order valence-electron chi connectivity index (χ1n) is 11.2. The molecule has 8 nitrogen and oxygen atoms in total. The summed E-state index contributed by atoms with van der Waals surface area (Å²) >= 11 is 0. The van der Waals surface area contributed by atoms with Crippen molar-refractivity contribution in [1.82, 2.24) is 19.0 Å². The monoisotopic (exact) mass is 432 g/mol. The van der Waals surface area contributed by atoms with Gasteiger partial charge in [0.05, 0.1) is 10.9 Å². The second-order valence-electron chi connectivity index (χ2n) is 9.05. The van der Waals surface area contributed by atoms with Crippen molar-refractivity contribution < 1.29 is 9.53 Å². The minimum Gasteiger partial charge on any atom is -0.484 e. The Hall–Kier alpha value is -3.42. The summed E-state index contributed by atoms with van der Waals surface area (Å²) in [6, 6.07) is 10.6. The molecule has 164 valence electrons. The molecule has 1 amide bonds. The second kappa shape index (κ2) is 7.32. The Labute approximate surface area is 184 Å². The van der Waals surface area contributed by atoms with Gasteiger partial charge in [0.15, 0.2) is 6.61 Å². The number of hydrogen-bond acceptors (Lipinski definition) is 5. The normalized spacial score (nSPS) is 21.3. The van der Waals surface area contributed by atoms with E-state index < -0.39 is 0 Å². The van der Waals surface area contributed by atoms with Crippen molar-refractivity contribution in [3.63, 3.8) is 0 Å². The van der Waals surface area contributed by atoms with Gasteiger partial charge in [-0.25, -0.2) is 4.98 Å². The SMILES string of the molecule is O=C(COc1ccc2nc3n(c(=O)c2c1)CCC3)N1C[C@@H]2C[C@@H](C1)c1cccc(=O)n1C2. The van der Waals surface area contributed by atoms with Crippen LogP contribution in [0.5, 0.6) is 5.75 Å². The highest BCUT2D eigenvalue weighted by Crippen LogP contribution is 2.35. The van der Waals surface area contributed by atoms with Crippen LogP contribution in [0.1, 0.15) is 30.3 Å². The Bertz CT molecular complexity index is 1360.